The summed E-state index contributed by atoms with van der Waals surface area (Å²) in [6.07, 6.45) is 8.53. The molecule has 314 valence electrons. The first-order chi connectivity index (χ1) is 28.4. The van der Waals surface area contributed by atoms with E-state index in [1.54, 1.807) is 48.4 Å². The Bertz CT molecular complexity index is 2290. The van der Waals surface area contributed by atoms with Gasteiger partial charge in [0.15, 0.2) is 17.4 Å². The van der Waals surface area contributed by atoms with Crippen LogP contribution < -0.4 is 49.2 Å². The molecule has 3 amide bonds. The van der Waals surface area contributed by atoms with Gasteiger partial charge in [-0.3, -0.25) is 29.7 Å². The molecule has 2 N–H and O–H groups in total. The Morgan fingerprint density at radius 3 is 2.38 bits per heavy atom. The van der Waals surface area contributed by atoms with Crippen molar-refractivity contribution in [1.82, 2.24) is 29.4 Å². The van der Waals surface area contributed by atoms with E-state index in [-0.39, 0.29) is 77.1 Å². The number of carbonyl (C=O) groups is 2. The van der Waals surface area contributed by atoms with Crippen LogP contribution >= 0.6 is 12.1 Å². The number of anilines is 2. The number of nitrogens with zero attached hydrogens (tertiary/aromatic N) is 7. The minimum absolute atomic E-state index is 0. The molecule has 17 heteroatoms. The number of aromatic nitrogens is 4. The largest absolute Gasteiger partial charge is 1.00 e. The summed E-state index contributed by atoms with van der Waals surface area (Å²) in [5, 5.41) is 16.7. The molecule has 0 unspecified atom stereocenters. The summed E-state index contributed by atoms with van der Waals surface area (Å²) in [5.41, 5.74) is 3.24. The molecular weight excluding hydrogens is 800 g/mol. The number of hydrogen-bond donors (Lipinski definition) is 2. The number of carbonyl (C=O) groups excluding carboxylic acids is 2. The van der Waals surface area contributed by atoms with Crippen LogP contribution in [0.4, 0.5) is 25.1 Å². The van der Waals surface area contributed by atoms with Crippen molar-refractivity contribution in [3.8, 4) is 17.6 Å². The van der Waals surface area contributed by atoms with Gasteiger partial charge >= 0.3 is 35.6 Å². The molecule has 0 saturated carbocycles. The van der Waals surface area contributed by atoms with E-state index in [4.69, 9.17) is 9.47 Å². The second-order valence-electron chi connectivity index (χ2n) is 13.9. The molecule has 2 fully saturated rings. The summed E-state index contributed by atoms with van der Waals surface area (Å²) in [4.78, 5) is 33.1. The predicted octanol–water partition coefficient (Wildman–Crippen LogP) is 6.04. The van der Waals surface area contributed by atoms with Gasteiger partial charge in [-0.2, -0.15) is 36.0 Å². The van der Waals surface area contributed by atoms with Crippen LogP contribution in [0.5, 0.6) is 11.5 Å². The van der Waals surface area contributed by atoms with Crippen LogP contribution in [0.25, 0.3) is 21.9 Å². The summed E-state index contributed by atoms with van der Waals surface area (Å²) >= 11 is 1.32. The number of rotatable bonds is 12. The monoisotopic (exact) mass is 848 g/mol. The Morgan fingerprint density at radius 2 is 1.78 bits per heavy atom. The summed E-state index contributed by atoms with van der Waals surface area (Å²) in [5.74, 6) is -0.752. The van der Waals surface area contributed by atoms with Crippen LogP contribution in [-0.4, -0.2) is 68.3 Å². The zero-order valence-electron chi connectivity index (χ0n) is 34.6. The number of benzene rings is 3. The molecule has 2 aliphatic rings. The molecule has 4 heterocycles. The van der Waals surface area contributed by atoms with Crippen LogP contribution in [0.1, 0.15) is 68.9 Å². The van der Waals surface area contributed by atoms with E-state index >= 15 is 0 Å². The van der Waals surface area contributed by atoms with E-state index in [1.807, 2.05) is 24.3 Å². The third kappa shape index (κ3) is 11.5. The van der Waals surface area contributed by atoms with Crippen LogP contribution in [-0.2, 0) is 16.6 Å². The molecule has 0 radical (unpaired) electrons. The van der Waals surface area contributed by atoms with Crippen molar-refractivity contribution in [1.29, 1.82) is 5.26 Å². The second kappa shape index (κ2) is 22.5. The molecule has 0 spiro atoms. The number of halogens is 2. The summed E-state index contributed by atoms with van der Waals surface area (Å²) in [6.45, 7) is 19.3. The fourth-order valence-corrected chi connectivity index (χ4v) is 7.01. The van der Waals surface area contributed by atoms with Gasteiger partial charge < -0.3 is 41.9 Å². The van der Waals surface area contributed by atoms with E-state index in [2.05, 4.69) is 52.8 Å². The molecule has 2 aromatic heterocycles. The van der Waals surface area contributed by atoms with Crippen molar-refractivity contribution in [3.05, 3.63) is 105 Å². The zero-order valence-corrected chi connectivity index (χ0v) is 37.4. The van der Waals surface area contributed by atoms with E-state index in [9.17, 15) is 23.6 Å². The summed E-state index contributed by atoms with van der Waals surface area (Å²) in [7, 11) is 3.64. The Hall–Kier alpha value is -4.37. The van der Waals surface area contributed by atoms with Crippen molar-refractivity contribution in [2.24, 2.45) is 7.05 Å². The van der Waals surface area contributed by atoms with Gasteiger partial charge in [0.25, 0.3) is 0 Å². The van der Waals surface area contributed by atoms with Gasteiger partial charge in [0.2, 0.25) is 5.91 Å². The maximum Gasteiger partial charge on any atom is 1.00 e. The Labute approximate surface area is 377 Å². The Balaban J connectivity index is 0.000000217. The molecule has 0 atom stereocenters. The maximum absolute atomic E-state index is 14.6. The fraction of sp³-hybridized carbons (Fsp3) is 0.349. The molecule has 2 saturated heterocycles. The molecule has 7 rings (SSSR count). The number of urea groups is 1. The molecule has 3 aromatic carbocycles. The number of ether oxygens (including phenoxy) is 2. The standard InChI is InChI=1S/C18H16FN5OS.C17H19FN4O2.C8H14O.Na/c1-3-24(2)26-23-15-7-5-14(19)18(13(15)11-20)25-12-4-6-16-17(10-12)22-9-8-21-16;1-4-10(5-2)11-9-14-12(8-13(11)18)16(20-21(14)3)22-7-6-15(23)19-17(22)24;1-3-8(4-2)6-5-7-9-8;/h4-10,23H,3H2,1-2H3;8-10H,1-2,4-7H2,3H3,(H,19,23,24);1-7H2;/q;2*-2;+1. The van der Waals surface area contributed by atoms with Crippen molar-refractivity contribution >= 4 is 57.5 Å². The number of nitrogens with one attached hydrogen (secondary N) is 2. The number of imide groups is 1. The molecule has 2 aliphatic heterocycles. The Morgan fingerprint density at radius 1 is 1.07 bits per heavy atom. The molecule has 5 aromatic rings. The van der Waals surface area contributed by atoms with Gasteiger partial charge in [-0.1, -0.05) is 12.8 Å². The molecular formula is C43H49F2N9NaO4S-3. The van der Waals surface area contributed by atoms with Crippen LogP contribution in [0.15, 0.2) is 54.9 Å². The van der Waals surface area contributed by atoms with Gasteiger partial charge in [-0.05, 0) is 61.9 Å². The topological polar surface area (TPSA) is 151 Å². The minimum atomic E-state index is -0.611. The SMILES string of the molecule is CCN(C)SNc1ccc(F)c(Oc2ccc3nccnc3c2)c1C#N.[CH2-]CC(C[CH2-])c1cc2c(cc1F)c(N1CCC(=O)NC1=O)nn2C.[CH2-]CC1(C[CH2-])CCCO1.[Na+]. The number of nitriles is 1. The first-order valence-electron chi connectivity index (χ1n) is 19.2. The van der Waals surface area contributed by atoms with Gasteiger partial charge in [0, 0.05) is 74.7 Å². The zero-order chi connectivity index (χ0) is 42.7. The third-order valence-corrected chi connectivity index (χ3v) is 11.0. The van der Waals surface area contributed by atoms with E-state index in [1.165, 1.54) is 41.7 Å². The minimum Gasteiger partial charge on any atom is -0.453 e. The van der Waals surface area contributed by atoms with Gasteiger partial charge in [0.1, 0.15) is 23.2 Å². The third-order valence-electron chi connectivity index (χ3n) is 10.1. The number of hydrogen-bond acceptors (Lipinski definition) is 11. The smallest absolute Gasteiger partial charge is 0.453 e. The van der Waals surface area contributed by atoms with Gasteiger partial charge in [-0.25, -0.2) is 17.9 Å². The number of aryl methyl sites for hydroxylation is 1. The van der Waals surface area contributed by atoms with Crippen molar-refractivity contribution in [2.75, 3.05) is 36.4 Å². The normalized spacial score (nSPS) is 14.5. The molecule has 0 bridgehead atoms. The average Bonchev–Trinajstić information content (AvgIpc) is 3.86. The first kappa shape index (κ1) is 48.3. The predicted molar refractivity (Wildman–Crippen MR) is 227 cm³/mol. The first-order valence-corrected chi connectivity index (χ1v) is 20.0. The molecule has 13 nitrogen and oxygen atoms in total. The molecule has 0 aliphatic carbocycles. The van der Waals surface area contributed by atoms with Crippen molar-refractivity contribution in [3.63, 3.8) is 0 Å². The van der Waals surface area contributed by atoms with Crippen LogP contribution in [0.3, 0.4) is 0 Å². The van der Waals surface area contributed by atoms with Crippen molar-refractivity contribution < 1.29 is 57.4 Å². The Kier molecular flexibility index (Phi) is 18.1. The van der Waals surface area contributed by atoms with Gasteiger partial charge in [-0.15, -0.1) is 0 Å². The van der Waals surface area contributed by atoms with Crippen LogP contribution in [0, 0.1) is 50.7 Å². The van der Waals surface area contributed by atoms with Crippen molar-refractivity contribution in [2.45, 2.75) is 63.4 Å². The summed E-state index contributed by atoms with van der Waals surface area (Å²) < 4.78 is 46.7. The fourth-order valence-electron chi connectivity index (χ4n) is 6.45. The second-order valence-corrected chi connectivity index (χ2v) is 14.9. The quantitative estimate of drug-likeness (QED) is 0.0860. The van der Waals surface area contributed by atoms with E-state index in [0.717, 1.165) is 37.9 Å². The van der Waals surface area contributed by atoms with E-state index in [0.29, 0.717) is 52.1 Å². The summed E-state index contributed by atoms with van der Waals surface area (Å²) in [6, 6.07) is 12.5. The average molecular weight is 849 g/mol. The number of fused-ring (bicyclic) bond motifs is 2. The molecule has 60 heavy (non-hydrogen) atoms. The number of amides is 3. The van der Waals surface area contributed by atoms with E-state index < -0.39 is 11.8 Å². The maximum atomic E-state index is 14.6. The van der Waals surface area contributed by atoms with Gasteiger partial charge in [0.05, 0.1) is 22.2 Å². The van der Waals surface area contributed by atoms with Crippen LogP contribution in [0.2, 0.25) is 0 Å².